The van der Waals surface area contributed by atoms with Crippen molar-refractivity contribution < 1.29 is 4.79 Å². The number of piperidine rings is 1. The van der Waals surface area contributed by atoms with Crippen molar-refractivity contribution in [1.82, 2.24) is 20.0 Å². The van der Waals surface area contributed by atoms with Crippen LogP contribution in [0.4, 0.5) is 5.69 Å². The Labute approximate surface area is 129 Å². The van der Waals surface area contributed by atoms with Crippen LogP contribution in [0.2, 0.25) is 0 Å². The lowest BCUT2D eigenvalue weighted by Gasteiger charge is -2.40. The first-order chi connectivity index (χ1) is 10.5. The summed E-state index contributed by atoms with van der Waals surface area (Å²) in [5, 5.41) is 8.00. The SMILES string of the molecule is CN1C[C@@]2(C)CC1CCN2C(=O)c1n[nH]c2ccc(N)cc12. The Morgan fingerprint density at radius 3 is 3.14 bits per heavy atom. The average molecular weight is 299 g/mol. The fraction of sp³-hybridized carbons (Fsp3) is 0.500. The summed E-state index contributed by atoms with van der Waals surface area (Å²) in [6.07, 6.45) is 2.07. The first kappa shape index (κ1) is 13.6. The normalized spacial score (nSPS) is 28.5. The molecule has 6 heteroatoms. The monoisotopic (exact) mass is 299 g/mol. The second-order valence-corrected chi connectivity index (χ2v) is 6.89. The molecule has 6 nitrogen and oxygen atoms in total. The molecular weight excluding hydrogens is 278 g/mol. The van der Waals surface area contributed by atoms with Crippen LogP contribution in [-0.4, -0.2) is 57.6 Å². The molecule has 4 rings (SSSR count). The molecule has 3 heterocycles. The van der Waals surface area contributed by atoms with Crippen molar-refractivity contribution in [2.24, 2.45) is 0 Å². The molecule has 0 aliphatic carbocycles. The van der Waals surface area contributed by atoms with Crippen molar-refractivity contribution in [2.75, 3.05) is 25.9 Å². The van der Waals surface area contributed by atoms with Crippen LogP contribution < -0.4 is 5.73 Å². The molecule has 2 aromatic rings. The third-order valence-corrected chi connectivity index (χ3v) is 5.26. The van der Waals surface area contributed by atoms with Gasteiger partial charge in [0.1, 0.15) is 0 Å². The molecule has 1 unspecified atom stereocenters. The molecule has 2 atom stereocenters. The number of nitrogens with one attached hydrogen (secondary N) is 1. The third-order valence-electron chi connectivity index (χ3n) is 5.26. The Balaban J connectivity index is 1.73. The molecule has 1 amide bonds. The van der Waals surface area contributed by atoms with E-state index in [1.54, 1.807) is 0 Å². The van der Waals surface area contributed by atoms with Crippen LogP contribution in [-0.2, 0) is 0 Å². The number of nitrogen functional groups attached to an aromatic ring is 1. The minimum Gasteiger partial charge on any atom is -0.399 e. The maximum atomic E-state index is 13.1. The van der Waals surface area contributed by atoms with Gasteiger partial charge in [0.15, 0.2) is 5.69 Å². The van der Waals surface area contributed by atoms with Crippen LogP contribution in [0.25, 0.3) is 10.9 Å². The number of likely N-dealkylation sites (tertiary alicyclic amines) is 2. The zero-order valence-electron chi connectivity index (χ0n) is 13.0. The molecule has 0 spiro atoms. The van der Waals surface area contributed by atoms with Gasteiger partial charge in [-0.3, -0.25) is 9.89 Å². The number of aromatic nitrogens is 2. The van der Waals surface area contributed by atoms with Gasteiger partial charge >= 0.3 is 0 Å². The van der Waals surface area contributed by atoms with Gasteiger partial charge < -0.3 is 15.5 Å². The van der Waals surface area contributed by atoms with Crippen LogP contribution in [0.1, 0.15) is 30.3 Å². The fourth-order valence-electron chi connectivity index (χ4n) is 4.13. The Bertz CT molecular complexity index is 750. The van der Waals surface area contributed by atoms with Gasteiger partial charge in [0.25, 0.3) is 5.91 Å². The van der Waals surface area contributed by atoms with Gasteiger partial charge in [-0.25, -0.2) is 0 Å². The topological polar surface area (TPSA) is 78.2 Å². The Morgan fingerprint density at radius 2 is 2.32 bits per heavy atom. The summed E-state index contributed by atoms with van der Waals surface area (Å²) in [4.78, 5) is 17.4. The molecule has 2 aliphatic heterocycles. The molecular formula is C16H21N5O. The maximum Gasteiger partial charge on any atom is 0.275 e. The van der Waals surface area contributed by atoms with Gasteiger partial charge in [-0.15, -0.1) is 0 Å². The van der Waals surface area contributed by atoms with Crippen LogP contribution in [0.15, 0.2) is 18.2 Å². The lowest BCUT2D eigenvalue weighted by Crippen LogP contribution is -2.53. The first-order valence-corrected chi connectivity index (χ1v) is 7.74. The number of nitrogens with zero attached hydrogens (tertiary/aromatic N) is 3. The number of carbonyl (C=O) groups is 1. The molecule has 116 valence electrons. The summed E-state index contributed by atoms with van der Waals surface area (Å²) >= 11 is 0. The third kappa shape index (κ3) is 1.83. The summed E-state index contributed by atoms with van der Waals surface area (Å²) < 4.78 is 0. The number of amides is 1. The lowest BCUT2D eigenvalue weighted by atomic mass is 9.90. The smallest absolute Gasteiger partial charge is 0.275 e. The van der Waals surface area contributed by atoms with Crippen molar-refractivity contribution >= 4 is 22.5 Å². The summed E-state index contributed by atoms with van der Waals surface area (Å²) in [5.74, 6) is 0.00750. The second kappa shape index (κ2) is 4.46. The van der Waals surface area contributed by atoms with Gasteiger partial charge in [0.05, 0.1) is 11.1 Å². The number of hydrogen-bond acceptors (Lipinski definition) is 4. The summed E-state index contributed by atoms with van der Waals surface area (Å²) in [6.45, 7) is 3.90. The van der Waals surface area contributed by atoms with Gasteiger partial charge in [0.2, 0.25) is 0 Å². The summed E-state index contributed by atoms with van der Waals surface area (Å²) in [5.41, 5.74) is 7.74. The minimum absolute atomic E-state index is 0.00750. The minimum atomic E-state index is -0.0969. The van der Waals surface area contributed by atoms with Crippen LogP contribution in [0.5, 0.6) is 0 Å². The van der Waals surface area contributed by atoms with Crippen molar-refractivity contribution in [3.8, 4) is 0 Å². The number of likely N-dealkylation sites (N-methyl/N-ethyl adjacent to an activating group) is 1. The highest BCUT2D eigenvalue weighted by Crippen LogP contribution is 2.38. The Morgan fingerprint density at radius 1 is 1.50 bits per heavy atom. The van der Waals surface area contributed by atoms with Crippen LogP contribution in [0.3, 0.4) is 0 Å². The molecule has 2 fully saturated rings. The zero-order chi connectivity index (χ0) is 15.5. The average Bonchev–Trinajstić information content (AvgIpc) is 2.97. The van der Waals surface area contributed by atoms with E-state index < -0.39 is 0 Å². The molecule has 0 saturated carbocycles. The molecule has 3 N–H and O–H groups in total. The van der Waals surface area contributed by atoms with Gasteiger partial charge in [-0.1, -0.05) is 0 Å². The number of fused-ring (bicyclic) bond motifs is 3. The Kier molecular flexibility index (Phi) is 2.75. The quantitative estimate of drug-likeness (QED) is 0.781. The number of anilines is 1. The molecule has 22 heavy (non-hydrogen) atoms. The number of rotatable bonds is 1. The van der Waals surface area contributed by atoms with E-state index in [-0.39, 0.29) is 11.4 Å². The number of hydrogen-bond donors (Lipinski definition) is 2. The van der Waals surface area contributed by atoms with E-state index in [1.807, 2.05) is 23.1 Å². The highest BCUT2D eigenvalue weighted by Gasteiger charge is 2.49. The van der Waals surface area contributed by atoms with E-state index in [0.29, 0.717) is 17.4 Å². The van der Waals surface area contributed by atoms with Crippen LogP contribution in [0, 0.1) is 0 Å². The number of H-pyrrole nitrogens is 1. The van der Waals surface area contributed by atoms with Crippen molar-refractivity contribution in [3.63, 3.8) is 0 Å². The maximum absolute atomic E-state index is 13.1. The highest BCUT2D eigenvalue weighted by molar-refractivity contribution is 6.05. The van der Waals surface area contributed by atoms with E-state index >= 15 is 0 Å². The number of nitrogens with two attached hydrogens (primary N) is 1. The molecule has 1 aromatic carbocycles. The van der Waals surface area contributed by atoms with Crippen LogP contribution >= 0.6 is 0 Å². The van der Waals surface area contributed by atoms with E-state index in [4.69, 9.17) is 5.73 Å². The second-order valence-electron chi connectivity index (χ2n) is 6.89. The molecule has 2 saturated heterocycles. The largest absolute Gasteiger partial charge is 0.399 e. The van der Waals surface area contributed by atoms with Gasteiger partial charge in [-0.2, -0.15) is 5.10 Å². The summed E-state index contributed by atoms with van der Waals surface area (Å²) in [7, 11) is 2.15. The number of aromatic amines is 1. The van der Waals surface area contributed by atoms with E-state index in [9.17, 15) is 4.79 Å². The lowest BCUT2D eigenvalue weighted by molar-refractivity contribution is 0.0481. The number of carbonyl (C=O) groups excluding carboxylic acids is 1. The fourth-order valence-corrected chi connectivity index (χ4v) is 4.13. The highest BCUT2D eigenvalue weighted by atomic mass is 16.2. The standard InChI is InChI=1S/C16H21N5O/c1-16-8-11(20(2)9-16)5-6-21(16)15(22)14-12-7-10(17)3-4-13(12)18-19-14/h3-4,7,11H,5-6,8-9,17H2,1-2H3,(H,18,19)/t11?,16-/m1/s1. The molecule has 2 bridgehead atoms. The molecule has 2 aliphatic rings. The van der Waals surface area contributed by atoms with E-state index in [2.05, 4.69) is 29.1 Å². The summed E-state index contributed by atoms with van der Waals surface area (Å²) in [6, 6.07) is 6.10. The number of benzene rings is 1. The molecule has 0 radical (unpaired) electrons. The van der Waals surface area contributed by atoms with Crippen molar-refractivity contribution in [3.05, 3.63) is 23.9 Å². The van der Waals surface area contributed by atoms with Crippen molar-refractivity contribution in [2.45, 2.75) is 31.3 Å². The predicted molar refractivity (Wildman–Crippen MR) is 85.6 cm³/mol. The van der Waals surface area contributed by atoms with Gasteiger partial charge in [-0.05, 0) is 45.0 Å². The zero-order valence-corrected chi connectivity index (χ0v) is 13.0. The Hall–Kier alpha value is -2.08. The molecule has 1 aromatic heterocycles. The predicted octanol–water partition coefficient (Wildman–Crippen LogP) is 1.45. The van der Waals surface area contributed by atoms with Crippen molar-refractivity contribution in [1.29, 1.82) is 0 Å². The van der Waals surface area contributed by atoms with E-state index in [1.165, 1.54) is 0 Å². The first-order valence-electron chi connectivity index (χ1n) is 7.74. The van der Waals surface area contributed by atoms with Gasteiger partial charge in [0, 0.05) is 30.2 Å². The van der Waals surface area contributed by atoms with E-state index in [0.717, 1.165) is 36.8 Å².